The normalized spacial score (nSPS) is 13.8. The van der Waals surface area contributed by atoms with Gasteiger partial charge in [-0.1, -0.05) is 12.1 Å². The fourth-order valence-electron chi connectivity index (χ4n) is 2.78. The number of amides is 2. The molecule has 0 saturated carbocycles. The standard InChI is InChI=1S/C10H11NO2.C9H6F3N3O/c1-11-8-4-2-3-5-9(8)13-7-6-10(11)12;10-9(11,12)4-1-2-6-5(3-4)7(8(13)16)15-14-6/h2-5H,6-7H2,1H3;1-3H,(H2,13,16)(H,14,15). The van der Waals surface area contributed by atoms with E-state index in [1.54, 1.807) is 11.9 Å². The highest BCUT2D eigenvalue weighted by molar-refractivity contribution is 6.04. The number of nitrogens with one attached hydrogen (secondary N) is 1. The minimum absolute atomic E-state index is 0.0716. The van der Waals surface area contributed by atoms with Crippen molar-refractivity contribution in [3.8, 4) is 5.75 Å². The van der Waals surface area contributed by atoms with Crippen molar-refractivity contribution in [1.29, 1.82) is 0 Å². The van der Waals surface area contributed by atoms with Gasteiger partial charge in [0.1, 0.15) is 5.75 Å². The Hall–Kier alpha value is -3.56. The lowest BCUT2D eigenvalue weighted by molar-refractivity contribution is -0.137. The van der Waals surface area contributed by atoms with E-state index in [4.69, 9.17) is 10.5 Å². The lowest BCUT2D eigenvalue weighted by atomic mass is 10.1. The second-order valence-corrected chi connectivity index (χ2v) is 6.21. The molecule has 7 nitrogen and oxygen atoms in total. The SMILES string of the molecule is CN1C(=O)CCOc2ccccc21.NC(=O)c1n[nH]c2ccc(C(F)(F)F)cc12. The van der Waals surface area contributed by atoms with Crippen LogP contribution in [0, 0.1) is 0 Å². The molecule has 2 heterocycles. The van der Waals surface area contributed by atoms with Crippen LogP contribution >= 0.6 is 0 Å². The Balaban J connectivity index is 0.000000169. The number of nitrogens with two attached hydrogens (primary N) is 1. The number of aromatic nitrogens is 2. The summed E-state index contributed by atoms with van der Waals surface area (Å²) in [7, 11) is 1.77. The highest BCUT2D eigenvalue weighted by Gasteiger charge is 2.31. The molecule has 2 amide bonds. The summed E-state index contributed by atoms with van der Waals surface area (Å²) in [6.45, 7) is 0.472. The molecule has 0 bridgehead atoms. The number of H-pyrrole nitrogens is 1. The molecular formula is C19H17F3N4O3. The molecule has 1 aliphatic rings. The van der Waals surface area contributed by atoms with Gasteiger partial charge in [0.2, 0.25) is 5.91 Å². The summed E-state index contributed by atoms with van der Waals surface area (Å²) in [4.78, 5) is 24.0. The fourth-order valence-corrected chi connectivity index (χ4v) is 2.78. The number of ether oxygens (including phenoxy) is 1. The number of alkyl halides is 3. The number of nitrogens with zero attached hydrogens (tertiary/aromatic N) is 2. The van der Waals surface area contributed by atoms with Gasteiger partial charge in [-0.05, 0) is 30.3 Å². The Morgan fingerprint density at radius 3 is 2.66 bits per heavy atom. The summed E-state index contributed by atoms with van der Waals surface area (Å²) < 4.78 is 42.7. The second-order valence-electron chi connectivity index (χ2n) is 6.21. The van der Waals surface area contributed by atoms with Gasteiger partial charge in [-0.3, -0.25) is 14.7 Å². The molecule has 0 atom stereocenters. The monoisotopic (exact) mass is 406 g/mol. The molecule has 1 aliphatic heterocycles. The van der Waals surface area contributed by atoms with Gasteiger partial charge < -0.3 is 15.4 Å². The quantitative estimate of drug-likeness (QED) is 0.648. The maximum Gasteiger partial charge on any atom is 0.416 e. The first kappa shape index (κ1) is 20.2. The molecule has 10 heteroatoms. The van der Waals surface area contributed by atoms with Crippen molar-refractivity contribution in [2.45, 2.75) is 12.6 Å². The van der Waals surface area contributed by atoms with Crippen molar-refractivity contribution in [2.24, 2.45) is 5.73 Å². The molecule has 0 unspecified atom stereocenters. The number of anilines is 1. The molecule has 0 fully saturated rings. The van der Waals surface area contributed by atoms with Crippen LogP contribution in [0.5, 0.6) is 5.75 Å². The van der Waals surface area contributed by atoms with Crippen LogP contribution in [-0.2, 0) is 11.0 Å². The number of hydrogen-bond donors (Lipinski definition) is 2. The fraction of sp³-hybridized carbons (Fsp3) is 0.211. The lowest BCUT2D eigenvalue weighted by Gasteiger charge is -2.15. The molecule has 3 N–H and O–H groups in total. The summed E-state index contributed by atoms with van der Waals surface area (Å²) >= 11 is 0. The molecule has 4 rings (SSSR count). The number of rotatable bonds is 1. The highest BCUT2D eigenvalue weighted by atomic mass is 19.4. The van der Waals surface area contributed by atoms with Gasteiger partial charge in [0.15, 0.2) is 5.69 Å². The van der Waals surface area contributed by atoms with Crippen LogP contribution in [0.25, 0.3) is 10.9 Å². The van der Waals surface area contributed by atoms with E-state index in [9.17, 15) is 22.8 Å². The van der Waals surface area contributed by atoms with E-state index in [2.05, 4.69) is 10.2 Å². The largest absolute Gasteiger partial charge is 0.491 e. The zero-order valence-corrected chi connectivity index (χ0v) is 15.3. The zero-order chi connectivity index (χ0) is 21.2. The summed E-state index contributed by atoms with van der Waals surface area (Å²) in [6, 6.07) is 10.5. The third-order valence-corrected chi connectivity index (χ3v) is 4.30. The van der Waals surface area contributed by atoms with Gasteiger partial charge in [-0.15, -0.1) is 0 Å². The van der Waals surface area contributed by atoms with Gasteiger partial charge in [-0.25, -0.2) is 0 Å². The minimum atomic E-state index is -4.46. The van der Waals surface area contributed by atoms with Crippen molar-refractivity contribution in [3.05, 3.63) is 53.7 Å². The molecular weight excluding hydrogens is 389 g/mol. The topological polar surface area (TPSA) is 101 Å². The molecule has 2 aromatic carbocycles. The third kappa shape index (κ3) is 4.31. The van der Waals surface area contributed by atoms with Crippen molar-refractivity contribution < 1.29 is 27.5 Å². The molecule has 0 radical (unpaired) electrons. The Morgan fingerprint density at radius 1 is 1.24 bits per heavy atom. The molecule has 0 spiro atoms. The van der Waals surface area contributed by atoms with E-state index in [-0.39, 0.29) is 17.0 Å². The number of aromatic amines is 1. The smallest absolute Gasteiger partial charge is 0.416 e. The van der Waals surface area contributed by atoms with E-state index in [1.807, 2.05) is 24.3 Å². The van der Waals surface area contributed by atoms with Crippen LogP contribution in [0.4, 0.5) is 18.9 Å². The number of para-hydroxylation sites is 2. The molecule has 3 aromatic rings. The predicted octanol–water partition coefficient (Wildman–Crippen LogP) is 3.11. The van der Waals surface area contributed by atoms with Crippen LogP contribution in [-0.4, -0.2) is 35.7 Å². The Morgan fingerprint density at radius 2 is 1.97 bits per heavy atom. The number of carbonyl (C=O) groups is 2. The third-order valence-electron chi connectivity index (χ3n) is 4.30. The van der Waals surface area contributed by atoms with Gasteiger partial charge in [0.05, 0.1) is 29.8 Å². The van der Waals surface area contributed by atoms with Crippen molar-refractivity contribution in [3.63, 3.8) is 0 Å². The average Bonchev–Trinajstić information content (AvgIpc) is 3.05. The first-order valence-corrected chi connectivity index (χ1v) is 8.52. The van der Waals surface area contributed by atoms with E-state index in [0.29, 0.717) is 18.5 Å². The van der Waals surface area contributed by atoms with Gasteiger partial charge >= 0.3 is 6.18 Å². The van der Waals surface area contributed by atoms with Crippen LogP contribution in [0.15, 0.2) is 42.5 Å². The maximum absolute atomic E-state index is 12.4. The van der Waals surface area contributed by atoms with E-state index in [1.165, 1.54) is 6.07 Å². The van der Waals surface area contributed by atoms with E-state index >= 15 is 0 Å². The van der Waals surface area contributed by atoms with Gasteiger partial charge in [-0.2, -0.15) is 18.3 Å². The van der Waals surface area contributed by atoms with E-state index in [0.717, 1.165) is 23.6 Å². The number of halogens is 3. The maximum atomic E-state index is 12.4. The first-order valence-electron chi connectivity index (χ1n) is 8.52. The average molecular weight is 406 g/mol. The number of benzene rings is 2. The first-order chi connectivity index (χ1) is 13.7. The number of fused-ring (bicyclic) bond motifs is 2. The Bertz CT molecular complexity index is 1060. The molecule has 1 aromatic heterocycles. The van der Waals surface area contributed by atoms with Crippen LogP contribution < -0.4 is 15.4 Å². The molecule has 29 heavy (non-hydrogen) atoms. The van der Waals surface area contributed by atoms with Crippen molar-refractivity contribution >= 4 is 28.4 Å². The van der Waals surface area contributed by atoms with Gasteiger partial charge in [0.25, 0.3) is 5.91 Å². The summed E-state index contributed by atoms with van der Waals surface area (Å²) in [5, 5.41) is 6.05. The van der Waals surface area contributed by atoms with E-state index < -0.39 is 17.6 Å². The summed E-state index contributed by atoms with van der Waals surface area (Å²) in [5.74, 6) is 0.0198. The predicted molar refractivity (Wildman–Crippen MR) is 99.6 cm³/mol. The molecule has 152 valence electrons. The Labute approximate surface area is 163 Å². The zero-order valence-electron chi connectivity index (χ0n) is 15.3. The number of carbonyl (C=O) groups excluding carboxylic acids is 2. The second kappa shape index (κ2) is 7.82. The van der Waals surface area contributed by atoms with Gasteiger partial charge in [0, 0.05) is 12.4 Å². The summed E-state index contributed by atoms with van der Waals surface area (Å²) in [5.41, 5.74) is 5.13. The number of primary amides is 1. The molecule has 0 saturated heterocycles. The highest BCUT2D eigenvalue weighted by Crippen LogP contribution is 2.32. The van der Waals surface area contributed by atoms with Crippen LogP contribution in [0.1, 0.15) is 22.5 Å². The van der Waals surface area contributed by atoms with Crippen molar-refractivity contribution in [2.75, 3.05) is 18.6 Å². The molecule has 0 aliphatic carbocycles. The Kier molecular flexibility index (Phi) is 5.44. The number of hydrogen-bond acceptors (Lipinski definition) is 4. The van der Waals surface area contributed by atoms with Crippen molar-refractivity contribution in [1.82, 2.24) is 10.2 Å². The summed E-state index contributed by atoms with van der Waals surface area (Å²) in [6.07, 6.45) is -4.01. The van der Waals surface area contributed by atoms with Crippen LogP contribution in [0.3, 0.4) is 0 Å². The lowest BCUT2D eigenvalue weighted by Crippen LogP contribution is -2.24. The van der Waals surface area contributed by atoms with Crippen LogP contribution in [0.2, 0.25) is 0 Å². The minimum Gasteiger partial charge on any atom is -0.491 e.